The second kappa shape index (κ2) is 7.34. The molecule has 23 heavy (non-hydrogen) atoms. The molecule has 8 nitrogen and oxygen atoms in total. The molecule has 0 unspecified atom stereocenters. The van der Waals surface area contributed by atoms with Gasteiger partial charge in [0.2, 0.25) is 5.91 Å². The lowest BCUT2D eigenvalue weighted by Gasteiger charge is -2.28. The maximum atomic E-state index is 12.5. The zero-order valence-electron chi connectivity index (χ0n) is 12.5. The molecular formula is C14H17NO7S. The van der Waals surface area contributed by atoms with E-state index in [0.29, 0.717) is 4.90 Å². The maximum Gasteiger partial charge on any atom is 0.328 e. The average molecular weight is 343 g/mol. The van der Waals surface area contributed by atoms with Crippen molar-refractivity contribution in [1.29, 1.82) is 0 Å². The molecule has 0 fully saturated rings. The Balaban J connectivity index is 3.36. The van der Waals surface area contributed by atoms with Gasteiger partial charge in [0.25, 0.3) is 16.0 Å². The first kappa shape index (κ1) is 18.8. The van der Waals surface area contributed by atoms with Gasteiger partial charge in [-0.15, -0.1) is 0 Å². The molecule has 0 spiro atoms. The van der Waals surface area contributed by atoms with E-state index < -0.39 is 45.6 Å². The number of carboxylic acid groups (broad SMARTS) is 1. The first-order valence-electron chi connectivity index (χ1n) is 6.65. The molecule has 1 aromatic carbocycles. The summed E-state index contributed by atoms with van der Waals surface area (Å²) in [7, 11) is -4.72. The molecular weight excluding hydrogens is 326 g/mol. The Morgan fingerprint density at radius 1 is 1.13 bits per heavy atom. The number of nitrogens with zero attached hydrogens (tertiary/aromatic N) is 1. The quantitative estimate of drug-likeness (QED) is 0.725. The number of hydrogen-bond donors (Lipinski definition) is 2. The van der Waals surface area contributed by atoms with Gasteiger partial charge >= 0.3 is 5.97 Å². The van der Waals surface area contributed by atoms with Crippen molar-refractivity contribution in [2.24, 2.45) is 5.92 Å². The van der Waals surface area contributed by atoms with Crippen LogP contribution in [0.2, 0.25) is 0 Å². The second-order valence-electron chi connectivity index (χ2n) is 5.14. The predicted molar refractivity (Wildman–Crippen MR) is 80.3 cm³/mol. The van der Waals surface area contributed by atoms with Crippen molar-refractivity contribution in [2.75, 3.05) is 5.75 Å². The number of rotatable bonds is 6. The van der Waals surface area contributed by atoms with Gasteiger partial charge in [-0.3, -0.25) is 19.0 Å². The van der Waals surface area contributed by atoms with Crippen molar-refractivity contribution in [3.8, 4) is 0 Å². The number of carboxylic acids is 1. The zero-order valence-corrected chi connectivity index (χ0v) is 13.4. The molecule has 0 saturated carbocycles. The van der Waals surface area contributed by atoms with Gasteiger partial charge in [0.1, 0.15) is 5.75 Å². The van der Waals surface area contributed by atoms with Gasteiger partial charge in [-0.25, -0.2) is 4.79 Å². The van der Waals surface area contributed by atoms with Crippen molar-refractivity contribution in [3.05, 3.63) is 35.9 Å². The molecule has 0 aromatic heterocycles. The smallest absolute Gasteiger partial charge is 0.328 e. The van der Waals surface area contributed by atoms with Gasteiger partial charge in [0.05, 0.1) is 0 Å². The van der Waals surface area contributed by atoms with E-state index in [4.69, 9.17) is 4.55 Å². The van der Waals surface area contributed by atoms with Crippen LogP contribution in [0.15, 0.2) is 30.3 Å². The highest BCUT2D eigenvalue weighted by atomic mass is 32.2. The van der Waals surface area contributed by atoms with Crippen LogP contribution in [0.3, 0.4) is 0 Å². The Morgan fingerprint density at radius 3 is 2.04 bits per heavy atom. The van der Waals surface area contributed by atoms with Crippen LogP contribution >= 0.6 is 0 Å². The highest BCUT2D eigenvalue weighted by Crippen LogP contribution is 2.15. The molecule has 0 heterocycles. The molecule has 1 atom stereocenters. The summed E-state index contributed by atoms with van der Waals surface area (Å²) in [6, 6.07) is 5.38. The molecule has 2 N–H and O–H groups in total. The van der Waals surface area contributed by atoms with Gasteiger partial charge in [-0.2, -0.15) is 8.42 Å². The summed E-state index contributed by atoms with van der Waals surface area (Å²) in [6.45, 7) is 2.89. The predicted octanol–water partition coefficient (Wildman–Crippen LogP) is 0.652. The van der Waals surface area contributed by atoms with Crippen LogP contribution in [0, 0.1) is 5.92 Å². The van der Waals surface area contributed by atoms with Crippen molar-refractivity contribution in [1.82, 2.24) is 4.90 Å². The standard InChI is InChI=1S/C14H17NO7S/c1-9(2)12(16)15(11(14(18)19)8-23(20,21)22)13(17)10-6-4-3-5-7-10/h3-7,9,11H,8H2,1-2H3,(H,18,19)(H,20,21,22)/t11-/m0/s1. The topological polar surface area (TPSA) is 129 Å². The van der Waals surface area contributed by atoms with Gasteiger partial charge in [-0.05, 0) is 12.1 Å². The number of hydrogen-bond acceptors (Lipinski definition) is 5. The van der Waals surface area contributed by atoms with Crippen molar-refractivity contribution in [2.45, 2.75) is 19.9 Å². The summed E-state index contributed by atoms with van der Waals surface area (Å²) in [5.74, 6) is -5.53. The molecule has 126 valence electrons. The number of amides is 2. The SMILES string of the molecule is CC(C)C(=O)N(C(=O)c1ccccc1)[C@@H](CS(=O)(=O)O)C(=O)O. The average Bonchev–Trinajstić information content (AvgIpc) is 2.45. The summed E-state index contributed by atoms with van der Waals surface area (Å²) in [5.41, 5.74) is 0.0306. The molecule has 0 radical (unpaired) electrons. The van der Waals surface area contributed by atoms with Crippen molar-refractivity contribution in [3.63, 3.8) is 0 Å². The third-order valence-electron chi connectivity index (χ3n) is 2.94. The van der Waals surface area contributed by atoms with Gasteiger partial charge in [-0.1, -0.05) is 32.0 Å². The summed E-state index contributed by atoms with van der Waals surface area (Å²) in [5, 5.41) is 9.21. The van der Waals surface area contributed by atoms with Crippen LogP contribution in [0.1, 0.15) is 24.2 Å². The Bertz CT molecular complexity index is 697. The van der Waals surface area contributed by atoms with E-state index in [-0.39, 0.29) is 5.56 Å². The van der Waals surface area contributed by atoms with E-state index in [2.05, 4.69) is 0 Å². The van der Waals surface area contributed by atoms with Crippen LogP contribution in [0.25, 0.3) is 0 Å². The summed E-state index contributed by atoms with van der Waals surface area (Å²) >= 11 is 0. The number of carbonyl (C=O) groups is 3. The van der Waals surface area contributed by atoms with Crippen LogP contribution in [0.5, 0.6) is 0 Å². The maximum absolute atomic E-state index is 12.5. The van der Waals surface area contributed by atoms with Gasteiger partial charge in [0.15, 0.2) is 6.04 Å². The zero-order chi connectivity index (χ0) is 17.8. The molecule has 9 heteroatoms. The molecule has 0 aliphatic rings. The molecule has 0 bridgehead atoms. The monoisotopic (exact) mass is 343 g/mol. The third kappa shape index (κ3) is 5.15. The lowest BCUT2D eigenvalue weighted by molar-refractivity contribution is -0.148. The first-order chi connectivity index (χ1) is 10.5. The van der Waals surface area contributed by atoms with E-state index in [1.54, 1.807) is 6.07 Å². The van der Waals surface area contributed by atoms with Gasteiger partial charge in [0, 0.05) is 11.5 Å². The van der Waals surface area contributed by atoms with E-state index in [1.165, 1.54) is 38.1 Å². The normalized spacial score (nSPS) is 12.7. The second-order valence-corrected chi connectivity index (χ2v) is 6.63. The Morgan fingerprint density at radius 2 is 1.65 bits per heavy atom. The van der Waals surface area contributed by atoms with E-state index in [0.717, 1.165) is 0 Å². The van der Waals surface area contributed by atoms with E-state index in [1.807, 2.05) is 0 Å². The van der Waals surface area contributed by atoms with Crippen LogP contribution < -0.4 is 0 Å². The lowest BCUT2D eigenvalue weighted by atomic mass is 10.1. The van der Waals surface area contributed by atoms with Crippen molar-refractivity contribution < 1.29 is 32.5 Å². The minimum absolute atomic E-state index is 0.0306. The van der Waals surface area contributed by atoms with Crippen LogP contribution in [-0.2, 0) is 19.7 Å². The van der Waals surface area contributed by atoms with Crippen LogP contribution in [0.4, 0.5) is 0 Å². The van der Waals surface area contributed by atoms with E-state index >= 15 is 0 Å². The first-order valence-corrected chi connectivity index (χ1v) is 8.26. The minimum Gasteiger partial charge on any atom is -0.480 e. The fourth-order valence-electron chi connectivity index (χ4n) is 1.85. The summed E-state index contributed by atoms with van der Waals surface area (Å²) in [4.78, 5) is 36.5. The summed E-state index contributed by atoms with van der Waals surface area (Å²) in [6.07, 6.45) is 0. The largest absolute Gasteiger partial charge is 0.480 e. The molecule has 0 aliphatic heterocycles. The van der Waals surface area contributed by atoms with Crippen LogP contribution in [-0.4, -0.2) is 52.6 Å². The Kier molecular flexibility index (Phi) is 5.99. The molecule has 1 aromatic rings. The highest BCUT2D eigenvalue weighted by molar-refractivity contribution is 7.85. The lowest BCUT2D eigenvalue weighted by Crippen LogP contribution is -2.53. The highest BCUT2D eigenvalue weighted by Gasteiger charge is 2.38. The molecule has 1 rings (SSSR count). The molecule has 2 amide bonds. The number of aliphatic carboxylic acids is 1. The van der Waals surface area contributed by atoms with Gasteiger partial charge < -0.3 is 5.11 Å². The number of imide groups is 1. The van der Waals surface area contributed by atoms with E-state index in [9.17, 15) is 27.9 Å². The fraction of sp³-hybridized carbons (Fsp3) is 0.357. The minimum atomic E-state index is -4.72. The number of carbonyl (C=O) groups excluding carboxylic acids is 2. The Labute approximate surface area is 133 Å². The van der Waals surface area contributed by atoms with Crippen molar-refractivity contribution >= 4 is 27.9 Å². The molecule has 0 saturated heterocycles. The summed E-state index contributed by atoms with van der Waals surface area (Å²) < 4.78 is 31.0. The third-order valence-corrected chi connectivity index (χ3v) is 3.67. The fourth-order valence-corrected chi connectivity index (χ4v) is 2.54. The Hall–Kier alpha value is -2.26. The number of benzene rings is 1. The molecule has 0 aliphatic carbocycles.